The highest BCUT2D eigenvalue weighted by atomic mass is 19.1. The van der Waals surface area contributed by atoms with E-state index in [9.17, 15) is 13.2 Å². The molecule has 0 N–H and O–H groups in total. The topological polar surface area (TPSA) is 0 Å². The van der Waals surface area contributed by atoms with Crippen molar-refractivity contribution in [2.24, 2.45) is 5.92 Å². The molecule has 0 atom stereocenters. The summed E-state index contributed by atoms with van der Waals surface area (Å²) < 4.78 is 42.6. The van der Waals surface area contributed by atoms with Crippen LogP contribution in [0.15, 0.2) is 54.6 Å². The SMILES string of the molecule is CCCC1CCC(c2ccc(-c3ccc(-c4cc(F)c(C)c(F)c4)c(F)c3)cc2)CC1. The van der Waals surface area contributed by atoms with Gasteiger partial charge in [-0.2, -0.15) is 0 Å². The molecule has 0 aliphatic heterocycles. The predicted molar refractivity (Wildman–Crippen MR) is 122 cm³/mol. The van der Waals surface area contributed by atoms with Crippen LogP contribution in [0, 0.1) is 30.3 Å². The van der Waals surface area contributed by atoms with Crippen LogP contribution in [-0.4, -0.2) is 0 Å². The molecule has 1 aliphatic rings. The van der Waals surface area contributed by atoms with Crippen LogP contribution >= 0.6 is 0 Å². The molecule has 31 heavy (non-hydrogen) atoms. The largest absolute Gasteiger partial charge is 0.207 e. The van der Waals surface area contributed by atoms with E-state index in [-0.39, 0.29) is 16.7 Å². The van der Waals surface area contributed by atoms with Gasteiger partial charge in [-0.25, -0.2) is 13.2 Å². The van der Waals surface area contributed by atoms with Crippen molar-refractivity contribution in [1.82, 2.24) is 0 Å². The van der Waals surface area contributed by atoms with E-state index < -0.39 is 17.5 Å². The lowest BCUT2D eigenvalue weighted by Gasteiger charge is -2.28. The lowest BCUT2D eigenvalue weighted by molar-refractivity contribution is 0.308. The van der Waals surface area contributed by atoms with E-state index >= 15 is 0 Å². The van der Waals surface area contributed by atoms with Gasteiger partial charge in [0.15, 0.2) is 0 Å². The second-order valence-corrected chi connectivity index (χ2v) is 8.89. The first kappa shape index (κ1) is 21.7. The zero-order chi connectivity index (χ0) is 22.0. The molecule has 3 aromatic carbocycles. The standard InChI is InChI=1S/C28H29F3/c1-3-4-19-5-7-20(8-6-19)21-9-11-22(12-10-21)23-13-14-25(28(31)15-23)24-16-26(29)18(2)27(30)17-24/h9-17,19-20H,3-8H2,1-2H3. The molecule has 0 radical (unpaired) electrons. The average molecular weight is 423 g/mol. The summed E-state index contributed by atoms with van der Waals surface area (Å²) in [5, 5.41) is 0. The summed E-state index contributed by atoms with van der Waals surface area (Å²) >= 11 is 0. The van der Waals surface area contributed by atoms with Crippen molar-refractivity contribution in [3.63, 3.8) is 0 Å². The summed E-state index contributed by atoms with van der Waals surface area (Å²) in [5.41, 5.74) is 3.41. The molecule has 0 saturated heterocycles. The molecule has 1 aliphatic carbocycles. The van der Waals surface area contributed by atoms with E-state index in [1.165, 1.54) is 69.2 Å². The van der Waals surface area contributed by atoms with Gasteiger partial charge in [0, 0.05) is 11.1 Å². The summed E-state index contributed by atoms with van der Waals surface area (Å²) in [4.78, 5) is 0. The lowest BCUT2D eigenvalue weighted by atomic mass is 9.77. The predicted octanol–water partition coefficient (Wildman–Crippen LogP) is 8.82. The van der Waals surface area contributed by atoms with Crippen LogP contribution in [0.1, 0.15) is 62.5 Å². The molecule has 1 fully saturated rings. The van der Waals surface area contributed by atoms with Crippen LogP contribution in [0.3, 0.4) is 0 Å². The zero-order valence-electron chi connectivity index (χ0n) is 18.2. The van der Waals surface area contributed by atoms with E-state index in [1.807, 2.05) is 12.1 Å². The van der Waals surface area contributed by atoms with Crippen molar-refractivity contribution in [2.75, 3.05) is 0 Å². The number of halogens is 3. The van der Waals surface area contributed by atoms with E-state index in [4.69, 9.17) is 0 Å². The van der Waals surface area contributed by atoms with E-state index in [2.05, 4.69) is 19.1 Å². The second-order valence-electron chi connectivity index (χ2n) is 8.89. The molecule has 162 valence electrons. The van der Waals surface area contributed by atoms with Crippen LogP contribution in [0.4, 0.5) is 13.2 Å². The van der Waals surface area contributed by atoms with E-state index in [1.54, 1.807) is 12.1 Å². The Balaban J connectivity index is 1.51. The summed E-state index contributed by atoms with van der Waals surface area (Å²) in [5.74, 6) is -0.320. The van der Waals surface area contributed by atoms with Crippen LogP contribution in [-0.2, 0) is 0 Å². The molecule has 4 rings (SSSR count). The third-order valence-corrected chi connectivity index (χ3v) is 6.82. The number of rotatable bonds is 5. The van der Waals surface area contributed by atoms with Crippen LogP contribution in [0.25, 0.3) is 22.3 Å². The van der Waals surface area contributed by atoms with Crippen molar-refractivity contribution in [1.29, 1.82) is 0 Å². The van der Waals surface area contributed by atoms with Gasteiger partial charge in [-0.1, -0.05) is 56.2 Å². The van der Waals surface area contributed by atoms with Crippen LogP contribution in [0.2, 0.25) is 0 Å². The van der Waals surface area contributed by atoms with Gasteiger partial charge in [-0.15, -0.1) is 0 Å². The minimum atomic E-state index is -0.669. The maximum absolute atomic E-state index is 14.8. The monoisotopic (exact) mass is 422 g/mol. The molecule has 0 nitrogen and oxygen atoms in total. The minimum absolute atomic E-state index is 0.0558. The van der Waals surface area contributed by atoms with Gasteiger partial charge in [-0.3, -0.25) is 0 Å². The Hall–Kier alpha value is -2.55. The van der Waals surface area contributed by atoms with Crippen molar-refractivity contribution in [2.45, 2.75) is 58.3 Å². The minimum Gasteiger partial charge on any atom is -0.207 e. The fourth-order valence-electron chi connectivity index (χ4n) is 4.87. The molecule has 0 heterocycles. The molecule has 3 aromatic rings. The van der Waals surface area contributed by atoms with Gasteiger partial charge < -0.3 is 0 Å². The van der Waals surface area contributed by atoms with Crippen molar-refractivity contribution in [3.8, 4) is 22.3 Å². The Labute approximate surface area is 183 Å². The summed E-state index contributed by atoms with van der Waals surface area (Å²) in [6, 6.07) is 15.6. The maximum Gasteiger partial charge on any atom is 0.131 e. The number of hydrogen-bond acceptors (Lipinski definition) is 0. The van der Waals surface area contributed by atoms with E-state index in [0.29, 0.717) is 5.92 Å². The van der Waals surface area contributed by atoms with Crippen LogP contribution in [0.5, 0.6) is 0 Å². The van der Waals surface area contributed by atoms with Gasteiger partial charge >= 0.3 is 0 Å². The van der Waals surface area contributed by atoms with Crippen molar-refractivity contribution in [3.05, 3.63) is 83.2 Å². The quantitative estimate of drug-likeness (QED) is 0.385. The molecular formula is C28H29F3. The number of hydrogen-bond donors (Lipinski definition) is 0. The van der Waals surface area contributed by atoms with Gasteiger partial charge in [-0.05, 0) is 84.9 Å². The first-order valence-corrected chi connectivity index (χ1v) is 11.3. The van der Waals surface area contributed by atoms with Gasteiger partial charge in [0.05, 0.1) is 0 Å². The highest BCUT2D eigenvalue weighted by Crippen LogP contribution is 2.38. The third kappa shape index (κ3) is 4.71. The zero-order valence-corrected chi connectivity index (χ0v) is 18.2. The highest BCUT2D eigenvalue weighted by Gasteiger charge is 2.21. The second kappa shape index (κ2) is 9.30. The smallest absolute Gasteiger partial charge is 0.131 e. The summed E-state index contributed by atoms with van der Waals surface area (Å²) in [7, 11) is 0. The lowest BCUT2D eigenvalue weighted by Crippen LogP contribution is -2.13. The summed E-state index contributed by atoms with van der Waals surface area (Å²) in [6.07, 6.45) is 7.73. The molecule has 0 aromatic heterocycles. The molecule has 0 spiro atoms. The Bertz CT molecular complexity index is 1020. The Kier molecular flexibility index (Phi) is 6.50. The number of benzene rings is 3. The first-order chi connectivity index (χ1) is 15.0. The van der Waals surface area contributed by atoms with Gasteiger partial charge in [0.2, 0.25) is 0 Å². The first-order valence-electron chi connectivity index (χ1n) is 11.3. The molecular weight excluding hydrogens is 393 g/mol. The highest BCUT2D eigenvalue weighted by molar-refractivity contribution is 5.71. The van der Waals surface area contributed by atoms with Crippen LogP contribution < -0.4 is 0 Å². The molecule has 1 saturated carbocycles. The molecule has 0 unspecified atom stereocenters. The fourth-order valence-corrected chi connectivity index (χ4v) is 4.87. The maximum atomic E-state index is 14.8. The molecule has 0 bridgehead atoms. The Morgan fingerprint density at radius 1 is 0.710 bits per heavy atom. The summed E-state index contributed by atoms with van der Waals surface area (Å²) in [6.45, 7) is 3.63. The van der Waals surface area contributed by atoms with Crippen molar-refractivity contribution < 1.29 is 13.2 Å². The average Bonchev–Trinajstić information content (AvgIpc) is 2.78. The fraction of sp³-hybridized carbons (Fsp3) is 0.357. The van der Waals surface area contributed by atoms with Gasteiger partial charge in [0.1, 0.15) is 17.5 Å². The third-order valence-electron chi connectivity index (χ3n) is 6.82. The molecule has 0 amide bonds. The normalized spacial score (nSPS) is 18.9. The Morgan fingerprint density at radius 2 is 1.29 bits per heavy atom. The molecule has 3 heteroatoms. The van der Waals surface area contributed by atoms with Gasteiger partial charge in [0.25, 0.3) is 0 Å². The van der Waals surface area contributed by atoms with Crippen molar-refractivity contribution >= 4 is 0 Å². The van der Waals surface area contributed by atoms with E-state index in [0.717, 1.165) is 17.0 Å². The Morgan fingerprint density at radius 3 is 1.87 bits per heavy atom.